The second-order valence-corrected chi connectivity index (χ2v) is 6.01. The molecule has 0 aromatic carbocycles. The molecule has 0 aliphatic carbocycles. The zero-order chi connectivity index (χ0) is 14.8. The molecule has 1 aliphatic rings. The fourth-order valence-corrected chi connectivity index (χ4v) is 1.98. The van der Waals surface area contributed by atoms with Gasteiger partial charge in [0.25, 0.3) is 0 Å². The van der Waals surface area contributed by atoms with Crippen molar-refractivity contribution in [3.63, 3.8) is 0 Å². The molecule has 1 saturated heterocycles. The van der Waals surface area contributed by atoms with Crippen molar-refractivity contribution in [1.82, 2.24) is 9.88 Å². The lowest BCUT2D eigenvalue weighted by Crippen LogP contribution is -2.55. The van der Waals surface area contributed by atoms with Crippen LogP contribution in [0.2, 0.25) is 0 Å². The second kappa shape index (κ2) is 5.69. The molecule has 20 heavy (non-hydrogen) atoms. The van der Waals surface area contributed by atoms with Crippen molar-refractivity contribution in [2.24, 2.45) is 0 Å². The Labute approximate surface area is 119 Å². The molecular formula is C15H22N2O3. The summed E-state index contributed by atoms with van der Waals surface area (Å²) in [5.74, 6) is 0.767. The zero-order valence-corrected chi connectivity index (χ0v) is 12.5. The zero-order valence-electron chi connectivity index (χ0n) is 12.5. The highest BCUT2D eigenvalue weighted by Crippen LogP contribution is 2.23. The number of aryl methyl sites for hydroxylation is 1. The van der Waals surface area contributed by atoms with Crippen LogP contribution in [0.25, 0.3) is 0 Å². The highest BCUT2D eigenvalue weighted by molar-refractivity contribution is 5.69. The maximum Gasteiger partial charge on any atom is 0.410 e. The van der Waals surface area contributed by atoms with E-state index in [0.29, 0.717) is 6.61 Å². The number of carbonyl (C=O) groups is 1. The monoisotopic (exact) mass is 278 g/mol. The van der Waals surface area contributed by atoms with Crippen molar-refractivity contribution in [1.29, 1.82) is 0 Å². The van der Waals surface area contributed by atoms with E-state index >= 15 is 0 Å². The molecule has 2 rings (SSSR count). The summed E-state index contributed by atoms with van der Waals surface area (Å²) in [6.45, 7) is 8.72. The minimum atomic E-state index is -0.460. The van der Waals surface area contributed by atoms with Gasteiger partial charge >= 0.3 is 6.09 Å². The number of amides is 1. The van der Waals surface area contributed by atoms with Crippen LogP contribution in [0, 0.1) is 6.92 Å². The van der Waals surface area contributed by atoms with E-state index in [1.54, 1.807) is 11.1 Å². The first-order valence-electron chi connectivity index (χ1n) is 6.91. The Balaban J connectivity index is 1.86. The molecule has 0 spiro atoms. The Morgan fingerprint density at radius 2 is 2.25 bits per heavy atom. The fourth-order valence-electron chi connectivity index (χ4n) is 1.98. The quantitative estimate of drug-likeness (QED) is 0.853. The first kappa shape index (κ1) is 14.6. The van der Waals surface area contributed by atoms with Crippen LogP contribution in [-0.4, -0.2) is 40.8 Å². The molecule has 5 nitrogen and oxygen atoms in total. The fraction of sp³-hybridized carbons (Fsp3) is 0.600. The molecular weight excluding hydrogens is 256 g/mol. The summed E-state index contributed by atoms with van der Waals surface area (Å²) in [4.78, 5) is 17.9. The van der Waals surface area contributed by atoms with E-state index in [0.717, 1.165) is 24.4 Å². The molecule has 1 amide bonds. The van der Waals surface area contributed by atoms with Crippen molar-refractivity contribution in [3.8, 4) is 5.75 Å². The lowest BCUT2D eigenvalue weighted by Gasteiger charge is -2.41. The predicted molar refractivity (Wildman–Crippen MR) is 75.8 cm³/mol. The first-order chi connectivity index (χ1) is 9.37. The van der Waals surface area contributed by atoms with Crippen LogP contribution < -0.4 is 4.74 Å². The molecule has 2 heterocycles. The molecule has 1 aliphatic heterocycles. The largest absolute Gasteiger partial charge is 0.490 e. The number of aromatic nitrogens is 1. The number of hydrogen-bond acceptors (Lipinski definition) is 4. The lowest BCUT2D eigenvalue weighted by molar-refractivity contribution is -0.0142. The van der Waals surface area contributed by atoms with Crippen LogP contribution in [0.1, 0.15) is 32.9 Å². The normalized spacial score (nSPS) is 18.4. The summed E-state index contributed by atoms with van der Waals surface area (Å²) in [5.41, 5.74) is 0.397. The van der Waals surface area contributed by atoms with Gasteiger partial charge in [0.2, 0.25) is 0 Å². The topological polar surface area (TPSA) is 51.7 Å². The summed E-state index contributed by atoms with van der Waals surface area (Å²) in [6, 6.07) is 3.82. The van der Waals surface area contributed by atoms with Crippen molar-refractivity contribution < 1.29 is 14.3 Å². The number of rotatable bonds is 3. The Kier molecular flexibility index (Phi) is 4.16. The highest BCUT2D eigenvalue weighted by Gasteiger charge is 2.35. The Bertz CT molecular complexity index is 482. The number of likely N-dealkylation sites (tertiary alicyclic amines) is 1. The van der Waals surface area contributed by atoms with Gasteiger partial charge in [-0.2, -0.15) is 0 Å². The average Bonchev–Trinajstić information content (AvgIpc) is 2.27. The number of ether oxygens (including phenoxy) is 2. The molecule has 1 aromatic heterocycles. The van der Waals surface area contributed by atoms with E-state index in [2.05, 4.69) is 4.98 Å². The van der Waals surface area contributed by atoms with Crippen molar-refractivity contribution in [3.05, 3.63) is 24.0 Å². The average molecular weight is 278 g/mol. The Morgan fingerprint density at radius 3 is 2.80 bits per heavy atom. The molecule has 0 radical (unpaired) electrons. The minimum Gasteiger partial charge on any atom is -0.490 e. The van der Waals surface area contributed by atoms with Crippen LogP contribution in [-0.2, 0) is 4.74 Å². The van der Waals surface area contributed by atoms with Crippen molar-refractivity contribution in [2.45, 2.75) is 45.8 Å². The SMILES string of the molecule is Cc1ncccc1OC[C@H]1CCN1C(=O)OC(C)(C)C. The van der Waals surface area contributed by atoms with Gasteiger partial charge in [-0.3, -0.25) is 4.98 Å². The number of pyridine rings is 1. The van der Waals surface area contributed by atoms with Gasteiger partial charge in [0.15, 0.2) is 0 Å². The minimum absolute atomic E-state index is 0.0875. The molecule has 0 N–H and O–H groups in total. The number of hydrogen-bond donors (Lipinski definition) is 0. The van der Waals surface area contributed by atoms with Gasteiger partial charge < -0.3 is 14.4 Å². The molecule has 1 aromatic rings. The van der Waals surface area contributed by atoms with Gasteiger partial charge in [0.1, 0.15) is 18.0 Å². The molecule has 110 valence electrons. The van der Waals surface area contributed by atoms with E-state index in [4.69, 9.17) is 9.47 Å². The van der Waals surface area contributed by atoms with Crippen molar-refractivity contribution in [2.75, 3.05) is 13.2 Å². The van der Waals surface area contributed by atoms with E-state index in [-0.39, 0.29) is 12.1 Å². The van der Waals surface area contributed by atoms with Gasteiger partial charge in [0, 0.05) is 12.7 Å². The van der Waals surface area contributed by atoms with Gasteiger partial charge in [-0.15, -0.1) is 0 Å². The van der Waals surface area contributed by atoms with Crippen LogP contribution >= 0.6 is 0 Å². The summed E-state index contributed by atoms with van der Waals surface area (Å²) in [7, 11) is 0. The number of nitrogens with zero attached hydrogens (tertiary/aromatic N) is 2. The van der Waals surface area contributed by atoms with Crippen LogP contribution in [0.15, 0.2) is 18.3 Å². The third-order valence-corrected chi connectivity index (χ3v) is 3.16. The van der Waals surface area contributed by atoms with Crippen LogP contribution in [0.3, 0.4) is 0 Å². The third-order valence-electron chi connectivity index (χ3n) is 3.16. The van der Waals surface area contributed by atoms with E-state index < -0.39 is 5.60 Å². The molecule has 0 saturated carbocycles. The smallest absolute Gasteiger partial charge is 0.410 e. The highest BCUT2D eigenvalue weighted by atomic mass is 16.6. The molecule has 1 fully saturated rings. The summed E-state index contributed by atoms with van der Waals surface area (Å²) in [6.07, 6.45) is 2.41. The summed E-state index contributed by atoms with van der Waals surface area (Å²) >= 11 is 0. The molecule has 0 bridgehead atoms. The standard InChI is InChI=1S/C15H22N2O3/c1-11-13(6-5-8-16-11)19-10-12-7-9-17(12)14(18)20-15(2,3)4/h5-6,8,12H,7,9-10H2,1-4H3/t12-/m1/s1. The van der Waals surface area contributed by atoms with Gasteiger partial charge in [-0.25, -0.2) is 4.79 Å². The van der Waals surface area contributed by atoms with Crippen LogP contribution in [0.4, 0.5) is 4.79 Å². The van der Waals surface area contributed by atoms with Gasteiger partial charge in [0.05, 0.1) is 11.7 Å². The maximum atomic E-state index is 12.0. The number of carbonyl (C=O) groups excluding carboxylic acids is 1. The van der Waals surface area contributed by atoms with E-state index in [1.807, 2.05) is 39.8 Å². The van der Waals surface area contributed by atoms with Crippen molar-refractivity contribution >= 4 is 6.09 Å². The van der Waals surface area contributed by atoms with E-state index in [9.17, 15) is 4.79 Å². The first-order valence-corrected chi connectivity index (χ1v) is 6.91. The molecule has 0 unspecified atom stereocenters. The predicted octanol–water partition coefficient (Wildman–Crippen LogP) is 2.78. The Morgan fingerprint density at radius 1 is 1.50 bits per heavy atom. The van der Waals surface area contributed by atoms with Crippen LogP contribution in [0.5, 0.6) is 5.75 Å². The molecule has 1 atom stereocenters. The molecule has 5 heteroatoms. The third kappa shape index (κ3) is 3.62. The van der Waals surface area contributed by atoms with Gasteiger partial charge in [-0.05, 0) is 46.2 Å². The summed E-state index contributed by atoms with van der Waals surface area (Å²) < 4.78 is 11.1. The van der Waals surface area contributed by atoms with Gasteiger partial charge in [-0.1, -0.05) is 0 Å². The van der Waals surface area contributed by atoms with E-state index in [1.165, 1.54) is 0 Å². The summed E-state index contributed by atoms with van der Waals surface area (Å²) in [5, 5.41) is 0. The maximum absolute atomic E-state index is 12.0. The lowest BCUT2D eigenvalue weighted by atomic mass is 10.1. The Hall–Kier alpha value is -1.78. The second-order valence-electron chi connectivity index (χ2n) is 6.01.